The molecule has 2 aromatic rings. The number of halogens is 1. The van der Waals surface area contributed by atoms with Gasteiger partial charge < -0.3 is 5.11 Å². The summed E-state index contributed by atoms with van der Waals surface area (Å²) in [5, 5.41) is 9.91. The maximum absolute atomic E-state index is 9.15. The van der Waals surface area contributed by atoms with Crippen molar-refractivity contribution >= 4 is 23.4 Å². The number of thioether (sulfide) groups is 1. The minimum Gasteiger partial charge on any atom is -0.508 e. The smallest absolute Gasteiger partial charge is 0.115 e. The van der Waals surface area contributed by atoms with Gasteiger partial charge in [-0.25, -0.2) is 0 Å². The summed E-state index contributed by atoms with van der Waals surface area (Å²) in [5.74, 6) is 1.21. The van der Waals surface area contributed by atoms with E-state index in [1.165, 1.54) is 5.56 Å². The van der Waals surface area contributed by atoms with Gasteiger partial charge in [-0.05, 0) is 42.0 Å². The Morgan fingerprint density at radius 1 is 0.938 bits per heavy atom. The lowest BCUT2D eigenvalue weighted by molar-refractivity contribution is 0.475. The lowest BCUT2D eigenvalue weighted by Gasteiger charge is -2.02. The molecule has 0 atom stereocenters. The summed E-state index contributed by atoms with van der Waals surface area (Å²) in [4.78, 5) is 1.15. The number of hydrogen-bond donors (Lipinski definition) is 1. The Bertz CT molecular complexity index is 405. The maximum atomic E-state index is 9.15. The molecular weight excluding hydrogens is 240 g/mol. The molecule has 0 bridgehead atoms. The minimum atomic E-state index is 0.302. The van der Waals surface area contributed by atoms with E-state index >= 15 is 0 Å². The van der Waals surface area contributed by atoms with Gasteiger partial charge in [0.1, 0.15) is 5.75 Å². The summed E-state index contributed by atoms with van der Waals surface area (Å²) in [6.45, 7) is 0. The van der Waals surface area contributed by atoms with Gasteiger partial charge in [0.25, 0.3) is 0 Å². The van der Waals surface area contributed by atoms with Crippen LogP contribution in [0, 0.1) is 0 Å². The molecule has 0 aliphatic heterocycles. The SMILES string of the molecule is Oc1ccc(SCc2ccc(Cl)cc2)cc1. The van der Waals surface area contributed by atoms with E-state index in [1.54, 1.807) is 23.9 Å². The molecule has 0 fully saturated rings. The first-order chi connectivity index (χ1) is 7.74. The van der Waals surface area contributed by atoms with Crippen molar-refractivity contribution in [3.63, 3.8) is 0 Å². The van der Waals surface area contributed by atoms with E-state index in [4.69, 9.17) is 16.7 Å². The highest BCUT2D eigenvalue weighted by Crippen LogP contribution is 2.24. The van der Waals surface area contributed by atoms with E-state index < -0.39 is 0 Å². The minimum absolute atomic E-state index is 0.302. The van der Waals surface area contributed by atoms with Crippen LogP contribution in [0.15, 0.2) is 53.4 Å². The third kappa shape index (κ3) is 3.19. The van der Waals surface area contributed by atoms with Gasteiger partial charge >= 0.3 is 0 Å². The molecule has 0 unspecified atom stereocenters. The Morgan fingerprint density at radius 3 is 2.19 bits per heavy atom. The van der Waals surface area contributed by atoms with Crippen LogP contribution in [-0.2, 0) is 5.75 Å². The fourth-order valence-electron chi connectivity index (χ4n) is 1.29. The van der Waals surface area contributed by atoms with Crippen LogP contribution in [0.25, 0.3) is 0 Å². The van der Waals surface area contributed by atoms with E-state index in [1.807, 2.05) is 36.4 Å². The number of aromatic hydroxyl groups is 1. The second kappa shape index (κ2) is 5.28. The molecule has 0 amide bonds. The molecule has 0 heterocycles. The van der Waals surface area contributed by atoms with Gasteiger partial charge in [0, 0.05) is 15.7 Å². The number of phenols is 1. The predicted octanol–water partition coefficient (Wildman–Crippen LogP) is 4.34. The van der Waals surface area contributed by atoms with E-state index in [2.05, 4.69) is 0 Å². The third-order valence-electron chi connectivity index (χ3n) is 2.16. The molecule has 0 saturated heterocycles. The number of hydrogen-bond acceptors (Lipinski definition) is 2. The molecule has 0 aliphatic carbocycles. The molecule has 0 saturated carbocycles. The first-order valence-corrected chi connectivity index (χ1v) is 6.27. The molecule has 16 heavy (non-hydrogen) atoms. The number of phenolic OH excluding ortho intramolecular Hbond substituents is 1. The highest BCUT2D eigenvalue weighted by molar-refractivity contribution is 7.98. The maximum Gasteiger partial charge on any atom is 0.115 e. The van der Waals surface area contributed by atoms with Gasteiger partial charge in [-0.3, -0.25) is 0 Å². The van der Waals surface area contributed by atoms with Gasteiger partial charge in [-0.1, -0.05) is 23.7 Å². The van der Waals surface area contributed by atoms with Gasteiger partial charge in [0.05, 0.1) is 0 Å². The van der Waals surface area contributed by atoms with Crippen molar-refractivity contribution in [1.82, 2.24) is 0 Å². The summed E-state index contributed by atoms with van der Waals surface area (Å²) in [7, 11) is 0. The average molecular weight is 251 g/mol. The summed E-state index contributed by atoms with van der Waals surface area (Å²) < 4.78 is 0. The first-order valence-electron chi connectivity index (χ1n) is 4.90. The lowest BCUT2D eigenvalue weighted by Crippen LogP contribution is -1.79. The van der Waals surface area contributed by atoms with Crippen LogP contribution >= 0.6 is 23.4 Å². The molecule has 0 spiro atoms. The quantitative estimate of drug-likeness (QED) is 0.818. The van der Waals surface area contributed by atoms with Crippen LogP contribution < -0.4 is 0 Å². The molecule has 3 heteroatoms. The summed E-state index contributed by atoms with van der Waals surface area (Å²) in [6, 6.07) is 15.1. The van der Waals surface area contributed by atoms with Gasteiger partial charge in [-0.15, -0.1) is 11.8 Å². The van der Waals surface area contributed by atoms with Crippen molar-refractivity contribution in [2.24, 2.45) is 0 Å². The zero-order valence-electron chi connectivity index (χ0n) is 8.56. The monoisotopic (exact) mass is 250 g/mol. The molecule has 2 rings (SSSR count). The molecule has 2 aromatic carbocycles. The van der Waals surface area contributed by atoms with E-state index in [-0.39, 0.29) is 0 Å². The van der Waals surface area contributed by atoms with Gasteiger partial charge in [-0.2, -0.15) is 0 Å². The molecule has 0 radical (unpaired) electrons. The van der Waals surface area contributed by atoms with E-state index in [0.29, 0.717) is 5.75 Å². The zero-order valence-corrected chi connectivity index (χ0v) is 10.1. The van der Waals surface area contributed by atoms with Crippen LogP contribution in [0.1, 0.15) is 5.56 Å². The van der Waals surface area contributed by atoms with Crippen molar-refractivity contribution in [1.29, 1.82) is 0 Å². The van der Waals surface area contributed by atoms with Crippen molar-refractivity contribution in [3.05, 3.63) is 59.1 Å². The Hall–Kier alpha value is -1.12. The molecule has 82 valence electrons. The van der Waals surface area contributed by atoms with Crippen LogP contribution in [0.4, 0.5) is 0 Å². The Morgan fingerprint density at radius 2 is 1.56 bits per heavy atom. The van der Waals surface area contributed by atoms with E-state index in [0.717, 1.165) is 15.7 Å². The van der Waals surface area contributed by atoms with Crippen LogP contribution in [0.2, 0.25) is 5.02 Å². The second-order valence-corrected chi connectivity index (χ2v) is 4.89. The fraction of sp³-hybridized carbons (Fsp3) is 0.0769. The Balaban J connectivity index is 1.97. The topological polar surface area (TPSA) is 20.2 Å². The fourth-order valence-corrected chi connectivity index (χ4v) is 2.27. The van der Waals surface area contributed by atoms with Crippen molar-refractivity contribution in [2.75, 3.05) is 0 Å². The predicted molar refractivity (Wildman–Crippen MR) is 69.1 cm³/mol. The van der Waals surface area contributed by atoms with E-state index in [9.17, 15) is 0 Å². The Labute approximate surface area is 104 Å². The first kappa shape index (κ1) is 11.4. The van der Waals surface area contributed by atoms with Crippen LogP contribution in [0.5, 0.6) is 5.75 Å². The van der Waals surface area contributed by atoms with Gasteiger partial charge in [0.2, 0.25) is 0 Å². The number of benzene rings is 2. The van der Waals surface area contributed by atoms with Crippen molar-refractivity contribution < 1.29 is 5.11 Å². The zero-order chi connectivity index (χ0) is 11.4. The molecular formula is C13H11ClOS. The molecule has 0 aliphatic rings. The van der Waals surface area contributed by atoms with Gasteiger partial charge in [0.15, 0.2) is 0 Å². The summed E-state index contributed by atoms with van der Waals surface area (Å²) >= 11 is 7.55. The molecule has 1 nitrogen and oxygen atoms in total. The normalized spacial score (nSPS) is 10.3. The van der Waals surface area contributed by atoms with Crippen molar-refractivity contribution in [2.45, 2.75) is 10.6 Å². The summed E-state index contributed by atoms with van der Waals surface area (Å²) in [6.07, 6.45) is 0. The Kier molecular flexibility index (Phi) is 3.75. The highest BCUT2D eigenvalue weighted by atomic mass is 35.5. The third-order valence-corrected chi connectivity index (χ3v) is 3.49. The standard InChI is InChI=1S/C13H11ClOS/c14-11-3-1-10(2-4-11)9-16-13-7-5-12(15)6-8-13/h1-8,15H,9H2. The average Bonchev–Trinajstić information content (AvgIpc) is 2.30. The summed E-state index contributed by atoms with van der Waals surface area (Å²) in [5.41, 5.74) is 1.24. The largest absolute Gasteiger partial charge is 0.508 e. The molecule has 0 aromatic heterocycles. The number of rotatable bonds is 3. The second-order valence-electron chi connectivity index (χ2n) is 3.41. The highest BCUT2D eigenvalue weighted by Gasteiger charge is 1.97. The van der Waals surface area contributed by atoms with Crippen LogP contribution in [0.3, 0.4) is 0 Å². The van der Waals surface area contributed by atoms with Crippen molar-refractivity contribution in [3.8, 4) is 5.75 Å². The molecule has 1 N–H and O–H groups in total. The van der Waals surface area contributed by atoms with Crippen LogP contribution in [-0.4, -0.2) is 5.11 Å². The lowest BCUT2D eigenvalue weighted by atomic mass is 10.2.